The van der Waals surface area contributed by atoms with Gasteiger partial charge in [-0.2, -0.15) is 0 Å². The summed E-state index contributed by atoms with van der Waals surface area (Å²) in [4.78, 5) is 19.3. The highest BCUT2D eigenvalue weighted by atomic mass is 32.2. The number of morpholine rings is 1. The lowest BCUT2D eigenvalue weighted by atomic mass is 10.2. The van der Waals surface area contributed by atoms with Crippen LogP contribution in [0.2, 0.25) is 0 Å². The zero-order chi connectivity index (χ0) is 18.7. The van der Waals surface area contributed by atoms with Crippen LogP contribution in [0.5, 0.6) is 0 Å². The molecule has 1 saturated heterocycles. The summed E-state index contributed by atoms with van der Waals surface area (Å²) in [7, 11) is 0. The van der Waals surface area contributed by atoms with Gasteiger partial charge in [0.05, 0.1) is 24.1 Å². The number of ether oxygens (including phenoxy) is 1. The number of fused-ring (bicyclic) bond motifs is 1. The Labute approximate surface area is 159 Å². The molecule has 26 heavy (non-hydrogen) atoms. The normalized spacial score (nSPS) is 21.0. The van der Waals surface area contributed by atoms with Gasteiger partial charge in [-0.05, 0) is 26.0 Å². The molecule has 0 bridgehead atoms. The highest BCUT2D eigenvalue weighted by molar-refractivity contribution is 7.99. The second kappa shape index (κ2) is 8.55. The predicted octanol–water partition coefficient (Wildman–Crippen LogP) is 2.01. The summed E-state index contributed by atoms with van der Waals surface area (Å²) in [6.07, 6.45) is 0.214. The summed E-state index contributed by atoms with van der Waals surface area (Å²) in [5.74, 6) is 1.53. The number of nitrogens with one attached hydrogen (secondary N) is 1. The van der Waals surface area contributed by atoms with Gasteiger partial charge in [-0.1, -0.05) is 37.7 Å². The van der Waals surface area contributed by atoms with Gasteiger partial charge >= 0.3 is 0 Å². The van der Waals surface area contributed by atoms with Crippen molar-refractivity contribution in [3.05, 3.63) is 34.6 Å². The van der Waals surface area contributed by atoms with Crippen molar-refractivity contribution in [3.8, 4) is 0 Å². The first-order valence-corrected chi connectivity index (χ1v) is 10.5. The van der Waals surface area contributed by atoms with Crippen molar-refractivity contribution < 1.29 is 9.64 Å². The largest absolute Gasteiger partial charge is 0.366 e. The van der Waals surface area contributed by atoms with Gasteiger partial charge in [-0.25, -0.2) is 4.98 Å². The molecule has 1 unspecified atom stereocenters. The molecule has 1 aliphatic heterocycles. The fourth-order valence-electron chi connectivity index (χ4n) is 3.57. The number of hydrogen-bond donors (Lipinski definition) is 1. The van der Waals surface area contributed by atoms with E-state index >= 15 is 0 Å². The van der Waals surface area contributed by atoms with Crippen LogP contribution in [0.3, 0.4) is 0 Å². The van der Waals surface area contributed by atoms with Crippen molar-refractivity contribution in [2.24, 2.45) is 5.92 Å². The first-order chi connectivity index (χ1) is 12.5. The number of para-hydroxylation sites is 1. The summed E-state index contributed by atoms with van der Waals surface area (Å²) in [6.45, 7) is 12.7. The van der Waals surface area contributed by atoms with E-state index in [0.717, 1.165) is 36.1 Å². The first kappa shape index (κ1) is 19.4. The van der Waals surface area contributed by atoms with E-state index in [9.17, 15) is 4.79 Å². The van der Waals surface area contributed by atoms with Crippen LogP contribution in [0.15, 0.2) is 34.2 Å². The van der Waals surface area contributed by atoms with Gasteiger partial charge in [-0.15, -0.1) is 0 Å². The van der Waals surface area contributed by atoms with E-state index in [0.29, 0.717) is 11.3 Å². The second-order valence-corrected chi connectivity index (χ2v) is 8.77. The van der Waals surface area contributed by atoms with Crippen molar-refractivity contribution in [2.45, 2.75) is 45.0 Å². The SMILES string of the molecule is CC(C)C[NH+]1CCO[C@H](CSc2nc3ccccc3c(=O)n2C(C)C)C1. The van der Waals surface area contributed by atoms with E-state index in [-0.39, 0.29) is 17.7 Å². The third-order valence-corrected chi connectivity index (χ3v) is 5.80. The lowest BCUT2D eigenvalue weighted by Gasteiger charge is -2.31. The van der Waals surface area contributed by atoms with Gasteiger partial charge in [0.25, 0.3) is 5.56 Å². The molecular weight excluding hydrogens is 346 g/mol. The number of benzene rings is 1. The molecule has 2 heterocycles. The lowest BCUT2D eigenvalue weighted by Crippen LogP contribution is -3.15. The van der Waals surface area contributed by atoms with Gasteiger partial charge < -0.3 is 9.64 Å². The zero-order valence-electron chi connectivity index (χ0n) is 16.2. The third-order valence-electron chi connectivity index (χ3n) is 4.71. The quantitative estimate of drug-likeness (QED) is 0.619. The van der Waals surface area contributed by atoms with Gasteiger partial charge in [0, 0.05) is 17.7 Å². The summed E-state index contributed by atoms with van der Waals surface area (Å²) < 4.78 is 7.79. The Morgan fingerprint density at radius 1 is 1.31 bits per heavy atom. The standard InChI is InChI=1S/C20H29N3O2S/c1-14(2)11-22-9-10-25-16(12-22)13-26-20-21-18-8-6-5-7-17(18)19(24)23(20)15(3)4/h5-8,14-16H,9-13H2,1-4H3/p+1/t16-/m0/s1. The number of rotatable bonds is 6. The summed E-state index contributed by atoms with van der Waals surface area (Å²) in [5.41, 5.74) is 0.818. The second-order valence-electron chi connectivity index (χ2n) is 7.79. The number of quaternary nitrogens is 1. The predicted molar refractivity (Wildman–Crippen MR) is 107 cm³/mol. The Morgan fingerprint density at radius 3 is 2.81 bits per heavy atom. The van der Waals surface area contributed by atoms with Crippen LogP contribution in [-0.4, -0.2) is 47.6 Å². The molecule has 5 nitrogen and oxygen atoms in total. The van der Waals surface area contributed by atoms with Crippen LogP contribution < -0.4 is 10.5 Å². The Kier molecular flexibility index (Phi) is 6.37. The van der Waals surface area contributed by atoms with E-state index in [1.165, 1.54) is 6.54 Å². The first-order valence-electron chi connectivity index (χ1n) is 9.55. The van der Waals surface area contributed by atoms with Crippen LogP contribution >= 0.6 is 11.8 Å². The Balaban J connectivity index is 1.78. The molecule has 2 atom stereocenters. The van der Waals surface area contributed by atoms with E-state index in [1.54, 1.807) is 16.7 Å². The maximum atomic E-state index is 12.9. The van der Waals surface area contributed by atoms with Crippen molar-refractivity contribution in [3.63, 3.8) is 0 Å². The maximum Gasteiger partial charge on any atom is 0.262 e. The molecule has 0 radical (unpaired) electrons. The van der Waals surface area contributed by atoms with Crippen LogP contribution in [0.1, 0.15) is 33.7 Å². The molecular formula is C20H30N3O2S+. The minimum atomic E-state index is 0.0460. The molecule has 0 spiro atoms. The number of thioether (sulfide) groups is 1. The topological polar surface area (TPSA) is 48.6 Å². The van der Waals surface area contributed by atoms with Crippen molar-refractivity contribution in [1.82, 2.24) is 9.55 Å². The molecule has 0 aliphatic carbocycles. The van der Waals surface area contributed by atoms with Gasteiger partial charge in [-0.3, -0.25) is 9.36 Å². The summed E-state index contributed by atoms with van der Waals surface area (Å²) >= 11 is 1.65. The molecule has 1 N–H and O–H groups in total. The van der Waals surface area contributed by atoms with Crippen molar-refractivity contribution in [1.29, 1.82) is 0 Å². The zero-order valence-corrected chi connectivity index (χ0v) is 17.0. The Hall–Kier alpha value is -1.37. The summed E-state index contributed by atoms with van der Waals surface area (Å²) in [6, 6.07) is 7.68. The molecule has 0 amide bonds. The number of aromatic nitrogens is 2. The fraction of sp³-hybridized carbons (Fsp3) is 0.600. The van der Waals surface area contributed by atoms with Crippen molar-refractivity contribution in [2.75, 3.05) is 32.0 Å². The smallest absolute Gasteiger partial charge is 0.262 e. The molecule has 6 heteroatoms. The average Bonchev–Trinajstić information content (AvgIpc) is 2.59. The highest BCUT2D eigenvalue weighted by Gasteiger charge is 2.25. The highest BCUT2D eigenvalue weighted by Crippen LogP contribution is 2.22. The monoisotopic (exact) mass is 376 g/mol. The van der Waals surface area contributed by atoms with Gasteiger partial charge in [0.2, 0.25) is 0 Å². The van der Waals surface area contributed by atoms with Crippen LogP contribution in [0.4, 0.5) is 0 Å². The lowest BCUT2D eigenvalue weighted by molar-refractivity contribution is -0.914. The van der Waals surface area contributed by atoms with Crippen LogP contribution in [-0.2, 0) is 4.74 Å². The molecule has 142 valence electrons. The minimum Gasteiger partial charge on any atom is -0.366 e. The van der Waals surface area contributed by atoms with Crippen molar-refractivity contribution >= 4 is 22.7 Å². The minimum absolute atomic E-state index is 0.0460. The Bertz CT molecular complexity index is 803. The van der Waals surface area contributed by atoms with Gasteiger partial charge in [0.15, 0.2) is 5.16 Å². The number of nitrogens with zero attached hydrogens (tertiary/aromatic N) is 2. The molecule has 1 fully saturated rings. The molecule has 2 aromatic rings. The molecule has 1 aromatic carbocycles. The molecule has 1 aromatic heterocycles. The average molecular weight is 377 g/mol. The fourth-order valence-corrected chi connectivity index (χ4v) is 4.72. The Morgan fingerprint density at radius 2 is 2.08 bits per heavy atom. The van der Waals surface area contributed by atoms with Gasteiger partial charge in [0.1, 0.15) is 19.2 Å². The van der Waals surface area contributed by atoms with Crippen LogP contribution in [0.25, 0.3) is 10.9 Å². The number of hydrogen-bond acceptors (Lipinski definition) is 4. The van der Waals surface area contributed by atoms with E-state index < -0.39 is 0 Å². The van der Waals surface area contributed by atoms with E-state index in [2.05, 4.69) is 13.8 Å². The maximum absolute atomic E-state index is 12.9. The molecule has 3 rings (SSSR count). The van der Waals surface area contributed by atoms with E-state index in [1.807, 2.05) is 42.7 Å². The summed E-state index contributed by atoms with van der Waals surface area (Å²) in [5, 5.41) is 1.48. The van der Waals surface area contributed by atoms with E-state index in [4.69, 9.17) is 9.72 Å². The molecule has 1 aliphatic rings. The molecule has 0 saturated carbocycles. The van der Waals surface area contributed by atoms with Crippen LogP contribution in [0, 0.1) is 5.92 Å². The third kappa shape index (κ3) is 4.48.